The van der Waals surface area contributed by atoms with E-state index in [-0.39, 0.29) is 0 Å². The van der Waals surface area contributed by atoms with Crippen molar-refractivity contribution in [2.45, 2.75) is 6.92 Å². The van der Waals surface area contributed by atoms with Gasteiger partial charge in [-0.25, -0.2) is 14.8 Å². The van der Waals surface area contributed by atoms with Gasteiger partial charge in [0.25, 0.3) is 0 Å². The summed E-state index contributed by atoms with van der Waals surface area (Å²) in [7, 11) is 1.31. The SMILES string of the molecule is COC(=O)c1ccccc1Nc1nc(C)ncc1C#N. The number of nitrogens with zero attached hydrogens (tertiary/aromatic N) is 3. The fourth-order valence-electron chi connectivity index (χ4n) is 1.65. The summed E-state index contributed by atoms with van der Waals surface area (Å²) in [4.78, 5) is 19.8. The van der Waals surface area contributed by atoms with Crippen LogP contribution in [0.4, 0.5) is 11.5 Å². The number of ether oxygens (including phenoxy) is 1. The summed E-state index contributed by atoms with van der Waals surface area (Å²) < 4.78 is 4.72. The van der Waals surface area contributed by atoms with Crippen LogP contribution in [0.15, 0.2) is 30.5 Å². The number of aromatic nitrogens is 2. The number of benzene rings is 1. The third-order valence-corrected chi connectivity index (χ3v) is 2.62. The molecule has 20 heavy (non-hydrogen) atoms. The van der Waals surface area contributed by atoms with Crippen LogP contribution in [0.25, 0.3) is 0 Å². The zero-order chi connectivity index (χ0) is 14.5. The summed E-state index contributed by atoms with van der Waals surface area (Å²) in [5.41, 5.74) is 1.19. The Morgan fingerprint density at radius 3 is 2.85 bits per heavy atom. The molecule has 2 aromatic rings. The maximum atomic E-state index is 11.7. The Morgan fingerprint density at radius 1 is 1.40 bits per heavy atom. The molecule has 6 heteroatoms. The first-order chi connectivity index (χ1) is 9.65. The Kier molecular flexibility index (Phi) is 3.91. The van der Waals surface area contributed by atoms with Gasteiger partial charge >= 0.3 is 5.97 Å². The number of para-hydroxylation sites is 1. The molecule has 6 nitrogen and oxygen atoms in total. The quantitative estimate of drug-likeness (QED) is 0.858. The van der Waals surface area contributed by atoms with Gasteiger partial charge in [-0.2, -0.15) is 5.26 Å². The molecule has 0 radical (unpaired) electrons. The lowest BCUT2D eigenvalue weighted by Gasteiger charge is -2.11. The molecule has 0 saturated carbocycles. The molecule has 0 bridgehead atoms. The molecule has 1 aromatic heterocycles. The minimum Gasteiger partial charge on any atom is -0.465 e. The van der Waals surface area contributed by atoms with Crippen LogP contribution in [-0.4, -0.2) is 23.0 Å². The van der Waals surface area contributed by atoms with Crippen molar-refractivity contribution in [1.29, 1.82) is 5.26 Å². The van der Waals surface area contributed by atoms with Crippen molar-refractivity contribution in [1.82, 2.24) is 9.97 Å². The molecule has 0 aliphatic carbocycles. The van der Waals surface area contributed by atoms with E-state index in [0.29, 0.717) is 28.5 Å². The molecule has 0 unspecified atom stereocenters. The van der Waals surface area contributed by atoms with Gasteiger partial charge in [-0.15, -0.1) is 0 Å². The highest BCUT2D eigenvalue weighted by atomic mass is 16.5. The van der Waals surface area contributed by atoms with Crippen LogP contribution in [0.3, 0.4) is 0 Å². The van der Waals surface area contributed by atoms with Crippen molar-refractivity contribution in [3.05, 3.63) is 47.4 Å². The van der Waals surface area contributed by atoms with Gasteiger partial charge in [0.15, 0.2) is 5.82 Å². The standard InChI is InChI=1S/C14H12N4O2/c1-9-16-8-10(7-15)13(17-9)18-12-6-4-3-5-11(12)14(19)20-2/h3-6,8H,1-2H3,(H,16,17,18). The number of esters is 1. The zero-order valence-electron chi connectivity index (χ0n) is 11.0. The van der Waals surface area contributed by atoms with Crippen molar-refractivity contribution >= 4 is 17.5 Å². The summed E-state index contributed by atoms with van der Waals surface area (Å²) in [6, 6.07) is 8.85. The highest BCUT2D eigenvalue weighted by molar-refractivity contribution is 5.96. The number of carbonyl (C=O) groups is 1. The molecule has 2 rings (SSSR count). The number of anilines is 2. The van der Waals surface area contributed by atoms with E-state index in [2.05, 4.69) is 15.3 Å². The van der Waals surface area contributed by atoms with Gasteiger partial charge in [0.05, 0.1) is 24.6 Å². The molecule has 1 aromatic carbocycles. The smallest absolute Gasteiger partial charge is 0.339 e. The monoisotopic (exact) mass is 268 g/mol. The van der Waals surface area contributed by atoms with E-state index < -0.39 is 5.97 Å². The predicted octanol–water partition coefficient (Wildman–Crippen LogP) is 2.19. The van der Waals surface area contributed by atoms with Gasteiger partial charge in [-0.05, 0) is 19.1 Å². The van der Waals surface area contributed by atoms with E-state index >= 15 is 0 Å². The molecular weight excluding hydrogens is 256 g/mol. The van der Waals surface area contributed by atoms with E-state index in [9.17, 15) is 4.79 Å². The lowest BCUT2D eigenvalue weighted by atomic mass is 10.1. The summed E-state index contributed by atoms with van der Waals surface area (Å²) in [6.07, 6.45) is 1.44. The van der Waals surface area contributed by atoms with Gasteiger partial charge in [0.2, 0.25) is 0 Å². The number of hydrogen-bond donors (Lipinski definition) is 1. The molecule has 100 valence electrons. The lowest BCUT2D eigenvalue weighted by Crippen LogP contribution is -2.07. The van der Waals surface area contributed by atoms with Crippen LogP contribution < -0.4 is 5.32 Å². The van der Waals surface area contributed by atoms with Crippen molar-refractivity contribution in [3.8, 4) is 6.07 Å². The number of nitriles is 1. The van der Waals surface area contributed by atoms with Crippen molar-refractivity contribution in [3.63, 3.8) is 0 Å². The third-order valence-electron chi connectivity index (χ3n) is 2.62. The first-order valence-electron chi connectivity index (χ1n) is 5.84. The Balaban J connectivity index is 2.43. The van der Waals surface area contributed by atoms with E-state index in [4.69, 9.17) is 10.00 Å². The minimum atomic E-state index is -0.461. The number of hydrogen-bond acceptors (Lipinski definition) is 6. The van der Waals surface area contributed by atoms with Gasteiger partial charge in [0, 0.05) is 0 Å². The molecule has 0 aliphatic rings. The fraction of sp³-hybridized carbons (Fsp3) is 0.143. The minimum absolute atomic E-state index is 0.301. The fourth-order valence-corrected chi connectivity index (χ4v) is 1.65. The Hall–Kier alpha value is -2.94. The summed E-state index contributed by atoms with van der Waals surface area (Å²) in [5.74, 6) is 0.427. The van der Waals surface area contributed by atoms with Crippen molar-refractivity contribution < 1.29 is 9.53 Å². The van der Waals surface area contributed by atoms with E-state index in [1.165, 1.54) is 13.3 Å². The number of aryl methyl sites for hydroxylation is 1. The second-order valence-corrected chi connectivity index (χ2v) is 3.95. The Bertz CT molecular complexity index is 692. The predicted molar refractivity (Wildman–Crippen MR) is 72.5 cm³/mol. The van der Waals surface area contributed by atoms with Crippen LogP contribution in [0.5, 0.6) is 0 Å². The maximum Gasteiger partial charge on any atom is 0.339 e. The molecule has 0 amide bonds. The Labute approximate surface area is 116 Å². The van der Waals surface area contributed by atoms with Crippen LogP contribution >= 0.6 is 0 Å². The summed E-state index contributed by atoms with van der Waals surface area (Å²) >= 11 is 0. The summed E-state index contributed by atoms with van der Waals surface area (Å²) in [5, 5.41) is 12.0. The topological polar surface area (TPSA) is 87.9 Å². The van der Waals surface area contributed by atoms with E-state index in [0.717, 1.165) is 0 Å². The van der Waals surface area contributed by atoms with Gasteiger partial charge < -0.3 is 10.1 Å². The first kappa shape index (κ1) is 13.5. The second kappa shape index (κ2) is 5.80. The number of rotatable bonds is 3. The largest absolute Gasteiger partial charge is 0.465 e. The number of carbonyl (C=O) groups excluding carboxylic acids is 1. The van der Waals surface area contributed by atoms with E-state index in [1.54, 1.807) is 31.2 Å². The first-order valence-corrected chi connectivity index (χ1v) is 5.84. The lowest BCUT2D eigenvalue weighted by molar-refractivity contribution is 0.0602. The molecule has 0 atom stereocenters. The van der Waals surface area contributed by atoms with Crippen LogP contribution in [0.1, 0.15) is 21.7 Å². The average Bonchev–Trinajstić information content (AvgIpc) is 2.47. The van der Waals surface area contributed by atoms with Gasteiger partial charge in [-0.3, -0.25) is 0 Å². The van der Waals surface area contributed by atoms with Crippen LogP contribution in [0.2, 0.25) is 0 Å². The average molecular weight is 268 g/mol. The second-order valence-electron chi connectivity index (χ2n) is 3.95. The van der Waals surface area contributed by atoms with Crippen molar-refractivity contribution in [2.24, 2.45) is 0 Å². The maximum absolute atomic E-state index is 11.7. The Morgan fingerprint density at radius 2 is 2.15 bits per heavy atom. The highest BCUT2D eigenvalue weighted by Crippen LogP contribution is 2.22. The molecule has 0 fully saturated rings. The summed E-state index contributed by atoms with van der Waals surface area (Å²) in [6.45, 7) is 1.72. The highest BCUT2D eigenvalue weighted by Gasteiger charge is 2.13. The van der Waals surface area contributed by atoms with Crippen molar-refractivity contribution in [2.75, 3.05) is 12.4 Å². The van der Waals surface area contributed by atoms with Gasteiger partial charge in [0.1, 0.15) is 17.5 Å². The molecule has 1 N–H and O–H groups in total. The van der Waals surface area contributed by atoms with Crippen LogP contribution in [0, 0.1) is 18.3 Å². The van der Waals surface area contributed by atoms with Gasteiger partial charge in [-0.1, -0.05) is 12.1 Å². The van der Waals surface area contributed by atoms with Crippen LogP contribution in [-0.2, 0) is 4.74 Å². The molecule has 0 spiro atoms. The molecule has 1 heterocycles. The molecular formula is C14H12N4O2. The normalized spacial score (nSPS) is 9.65. The third kappa shape index (κ3) is 2.72. The number of nitrogens with one attached hydrogen (secondary N) is 1. The molecule has 0 aliphatic heterocycles. The zero-order valence-corrected chi connectivity index (χ0v) is 11.0. The molecule has 0 saturated heterocycles. The van der Waals surface area contributed by atoms with E-state index in [1.807, 2.05) is 6.07 Å². The number of methoxy groups -OCH3 is 1.